The number of rotatable bonds is 5. The molecular formula is C11H14ClNO3. The molecule has 1 atom stereocenters. The third-order valence-corrected chi connectivity index (χ3v) is 2.62. The zero-order valence-corrected chi connectivity index (χ0v) is 10.0. The zero-order chi connectivity index (χ0) is 12.1. The summed E-state index contributed by atoms with van der Waals surface area (Å²) >= 11 is 5.63. The Morgan fingerprint density at radius 2 is 2.25 bits per heavy atom. The van der Waals surface area contributed by atoms with Crippen LogP contribution in [0.15, 0.2) is 18.2 Å². The standard InChI is InChI=1S/C11H14ClNO3/c1-8-3-4-11(10(5-8)13(14)15)16-7-9(2)6-12/h3-5,9H,6-7H2,1-2H3. The van der Waals surface area contributed by atoms with Crippen LogP contribution in [0.25, 0.3) is 0 Å². The molecule has 0 aromatic heterocycles. The molecule has 1 aromatic rings. The average molecular weight is 244 g/mol. The van der Waals surface area contributed by atoms with Crippen LogP contribution in [0.3, 0.4) is 0 Å². The summed E-state index contributed by atoms with van der Waals surface area (Å²) in [5.74, 6) is 0.940. The maximum Gasteiger partial charge on any atom is 0.311 e. The molecule has 0 bridgehead atoms. The van der Waals surface area contributed by atoms with Gasteiger partial charge in [-0.05, 0) is 18.6 Å². The number of halogens is 1. The van der Waals surface area contributed by atoms with Gasteiger partial charge in [0.1, 0.15) is 0 Å². The van der Waals surface area contributed by atoms with E-state index >= 15 is 0 Å². The van der Waals surface area contributed by atoms with Crippen LogP contribution in [0, 0.1) is 23.0 Å². The van der Waals surface area contributed by atoms with E-state index < -0.39 is 4.92 Å². The van der Waals surface area contributed by atoms with Crippen molar-refractivity contribution >= 4 is 17.3 Å². The second-order valence-corrected chi connectivity index (χ2v) is 4.11. The SMILES string of the molecule is Cc1ccc(OCC(C)CCl)c([N+](=O)[O-])c1. The van der Waals surface area contributed by atoms with Crippen molar-refractivity contribution in [3.05, 3.63) is 33.9 Å². The number of alkyl halides is 1. The summed E-state index contributed by atoms with van der Waals surface area (Å²) in [5, 5.41) is 10.8. The lowest BCUT2D eigenvalue weighted by atomic mass is 10.2. The van der Waals surface area contributed by atoms with Gasteiger partial charge in [-0.2, -0.15) is 0 Å². The van der Waals surface area contributed by atoms with Crippen molar-refractivity contribution < 1.29 is 9.66 Å². The van der Waals surface area contributed by atoms with Crippen molar-refractivity contribution in [1.82, 2.24) is 0 Å². The first-order chi connectivity index (χ1) is 7.54. The molecular weight excluding hydrogens is 230 g/mol. The second-order valence-electron chi connectivity index (χ2n) is 3.80. The molecule has 1 rings (SSSR count). The van der Waals surface area contributed by atoms with Crippen molar-refractivity contribution in [2.75, 3.05) is 12.5 Å². The Bertz CT molecular complexity index is 381. The molecule has 0 saturated heterocycles. The molecule has 0 amide bonds. The maximum atomic E-state index is 10.8. The highest BCUT2D eigenvalue weighted by atomic mass is 35.5. The van der Waals surface area contributed by atoms with E-state index in [4.69, 9.17) is 16.3 Å². The van der Waals surface area contributed by atoms with Crippen molar-refractivity contribution in [2.24, 2.45) is 5.92 Å². The lowest BCUT2D eigenvalue weighted by Gasteiger charge is -2.10. The second kappa shape index (κ2) is 5.70. The summed E-state index contributed by atoms with van der Waals surface area (Å²) in [6.45, 7) is 4.11. The van der Waals surface area contributed by atoms with Crippen LogP contribution in [0.2, 0.25) is 0 Å². The van der Waals surface area contributed by atoms with Gasteiger partial charge in [0.05, 0.1) is 11.5 Å². The number of nitro groups is 1. The van der Waals surface area contributed by atoms with Crippen LogP contribution in [0.1, 0.15) is 12.5 Å². The van der Waals surface area contributed by atoms with E-state index in [0.717, 1.165) is 5.56 Å². The molecule has 0 heterocycles. The summed E-state index contributed by atoms with van der Waals surface area (Å²) in [6.07, 6.45) is 0. The minimum Gasteiger partial charge on any atom is -0.486 e. The van der Waals surface area contributed by atoms with E-state index in [1.807, 2.05) is 6.92 Å². The molecule has 88 valence electrons. The van der Waals surface area contributed by atoms with Crippen molar-refractivity contribution in [3.8, 4) is 5.75 Å². The van der Waals surface area contributed by atoms with Gasteiger partial charge in [-0.3, -0.25) is 10.1 Å². The molecule has 5 heteroatoms. The molecule has 0 spiro atoms. The maximum absolute atomic E-state index is 10.8. The Hall–Kier alpha value is -1.29. The topological polar surface area (TPSA) is 52.4 Å². The molecule has 0 aliphatic carbocycles. The third-order valence-electron chi connectivity index (χ3n) is 2.10. The van der Waals surface area contributed by atoms with E-state index in [1.54, 1.807) is 19.1 Å². The van der Waals surface area contributed by atoms with Crippen LogP contribution in [0.5, 0.6) is 5.75 Å². The predicted molar refractivity (Wildman–Crippen MR) is 63.2 cm³/mol. The van der Waals surface area contributed by atoms with Gasteiger partial charge in [-0.1, -0.05) is 13.0 Å². The largest absolute Gasteiger partial charge is 0.486 e. The molecule has 0 aliphatic rings. The minimum absolute atomic E-state index is 0.00164. The number of nitrogens with zero attached hydrogens (tertiary/aromatic N) is 1. The van der Waals surface area contributed by atoms with Gasteiger partial charge in [0.15, 0.2) is 5.75 Å². The minimum atomic E-state index is -0.437. The fraction of sp³-hybridized carbons (Fsp3) is 0.455. The fourth-order valence-electron chi connectivity index (χ4n) is 1.17. The van der Waals surface area contributed by atoms with Crippen LogP contribution in [-0.4, -0.2) is 17.4 Å². The van der Waals surface area contributed by atoms with Gasteiger partial charge < -0.3 is 4.74 Å². The zero-order valence-electron chi connectivity index (χ0n) is 9.27. The molecule has 1 unspecified atom stereocenters. The van der Waals surface area contributed by atoms with Gasteiger partial charge in [0, 0.05) is 17.9 Å². The first kappa shape index (κ1) is 12.8. The van der Waals surface area contributed by atoms with E-state index in [2.05, 4.69) is 0 Å². The van der Waals surface area contributed by atoms with Gasteiger partial charge >= 0.3 is 5.69 Å². The number of aryl methyl sites for hydroxylation is 1. The van der Waals surface area contributed by atoms with Crippen molar-refractivity contribution in [3.63, 3.8) is 0 Å². The highest BCUT2D eigenvalue weighted by Crippen LogP contribution is 2.28. The molecule has 16 heavy (non-hydrogen) atoms. The molecule has 0 fully saturated rings. The summed E-state index contributed by atoms with van der Waals surface area (Å²) < 4.78 is 5.38. The van der Waals surface area contributed by atoms with E-state index in [1.165, 1.54) is 6.07 Å². The van der Waals surface area contributed by atoms with Crippen LogP contribution in [-0.2, 0) is 0 Å². The monoisotopic (exact) mass is 243 g/mol. The summed E-state index contributed by atoms with van der Waals surface area (Å²) in [7, 11) is 0. The van der Waals surface area contributed by atoms with Crippen molar-refractivity contribution in [2.45, 2.75) is 13.8 Å². The fourth-order valence-corrected chi connectivity index (χ4v) is 1.26. The lowest BCUT2D eigenvalue weighted by molar-refractivity contribution is -0.385. The molecule has 0 saturated carbocycles. The molecule has 0 N–H and O–H groups in total. The molecule has 4 nitrogen and oxygen atoms in total. The third kappa shape index (κ3) is 3.38. The van der Waals surface area contributed by atoms with Crippen LogP contribution in [0.4, 0.5) is 5.69 Å². The van der Waals surface area contributed by atoms with Crippen LogP contribution >= 0.6 is 11.6 Å². The Morgan fingerprint density at radius 1 is 1.56 bits per heavy atom. The Kier molecular flexibility index (Phi) is 4.55. The predicted octanol–water partition coefficient (Wildman–Crippen LogP) is 3.16. The van der Waals surface area contributed by atoms with E-state index in [-0.39, 0.29) is 11.6 Å². The molecule has 0 radical (unpaired) electrons. The van der Waals surface area contributed by atoms with Gasteiger partial charge in [-0.15, -0.1) is 11.6 Å². The number of benzene rings is 1. The van der Waals surface area contributed by atoms with E-state index in [9.17, 15) is 10.1 Å². The summed E-state index contributed by atoms with van der Waals surface area (Å²) in [6, 6.07) is 4.91. The van der Waals surface area contributed by atoms with Gasteiger partial charge in [0.2, 0.25) is 0 Å². The quantitative estimate of drug-likeness (QED) is 0.453. The highest BCUT2D eigenvalue weighted by molar-refractivity contribution is 6.18. The average Bonchev–Trinajstić information content (AvgIpc) is 2.26. The van der Waals surface area contributed by atoms with Crippen LogP contribution < -0.4 is 4.74 Å². The first-order valence-corrected chi connectivity index (χ1v) is 5.52. The Morgan fingerprint density at radius 3 is 2.81 bits per heavy atom. The number of hydrogen-bond acceptors (Lipinski definition) is 3. The van der Waals surface area contributed by atoms with Gasteiger partial charge in [-0.25, -0.2) is 0 Å². The normalized spacial score (nSPS) is 12.2. The lowest BCUT2D eigenvalue weighted by Crippen LogP contribution is -2.10. The summed E-state index contributed by atoms with van der Waals surface area (Å²) in [5.41, 5.74) is 0.839. The molecule has 1 aromatic carbocycles. The number of nitro benzene ring substituents is 1. The molecule has 0 aliphatic heterocycles. The van der Waals surface area contributed by atoms with E-state index in [0.29, 0.717) is 18.2 Å². The van der Waals surface area contributed by atoms with Crippen molar-refractivity contribution in [1.29, 1.82) is 0 Å². The Labute approximate surface area is 99.3 Å². The highest BCUT2D eigenvalue weighted by Gasteiger charge is 2.15. The number of ether oxygens (including phenoxy) is 1. The number of hydrogen-bond donors (Lipinski definition) is 0. The van der Waals surface area contributed by atoms with Gasteiger partial charge in [0.25, 0.3) is 0 Å². The first-order valence-electron chi connectivity index (χ1n) is 4.98. The smallest absolute Gasteiger partial charge is 0.311 e. The summed E-state index contributed by atoms with van der Waals surface area (Å²) in [4.78, 5) is 10.4. The Balaban J connectivity index is 2.82.